The molecule has 0 radical (unpaired) electrons. The van der Waals surface area contributed by atoms with Crippen molar-refractivity contribution in [3.05, 3.63) is 18.1 Å². The Balaban J connectivity index is 1.31. The molecule has 0 aromatic carbocycles. The summed E-state index contributed by atoms with van der Waals surface area (Å²) in [5, 5.41) is 3.21. The smallest absolute Gasteiger partial charge is 0.224 e. The van der Waals surface area contributed by atoms with E-state index in [-0.39, 0.29) is 5.92 Å². The Hall–Kier alpha value is -1.69. The molecule has 0 unspecified atom stereocenters. The van der Waals surface area contributed by atoms with Crippen LogP contribution in [0.25, 0.3) is 0 Å². The van der Waals surface area contributed by atoms with Gasteiger partial charge in [0, 0.05) is 43.5 Å². The summed E-state index contributed by atoms with van der Waals surface area (Å²) in [5.41, 5.74) is 1.27. The van der Waals surface area contributed by atoms with Gasteiger partial charge in [0.2, 0.25) is 5.91 Å². The monoisotopic (exact) mass is 371 g/mol. The van der Waals surface area contributed by atoms with Crippen LogP contribution in [0, 0.1) is 5.92 Å². The van der Waals surface area contributed by atoms with Crippen molar-refractivity contribution in [3.63, 3.8) is 0 Å². The van der Waals surface area contributed by atoms with Gasteiger partial charge in [-0.3, -0.25) is 9.69 Å². The number of carbonyl (C=O) groups is 1. The second-order valence-corrected chi connectivity index (χ2v) is 8.46. The van der Waals surface area contributed by atoms with Gasteiger partial charge < -0.3 is 10.2 Å². The predicted octanol–water partition coefficient (Wildman–Crippen LogP) is 2.39. The minimum absolute atomic E-state index is 0.190. The maximum absolute atomic E-state index is 12.5. The third-order valence-electron chi connectivity index (χ3n) is 6.31. The summed E-state index contributed by atoms with van der Waals surface area (Å²) in [7, 11) is 0. The average molecular weight is 372 g/mol. The summed E-state index contributed by atoms with van der Waals surface area (Å²) < 4.78 is 0. The molecule has 0 bridgehead atoms. The number of likely N-dealkylation sites (tertiary alicyclic amines) is 1. The lowest BCUT2D eigenvalue weighted by Crippen LogP contribution is -2.51. The normalized spacial score (nSPS) is 24.8. The summed E-state index contributed by atoms with van der Waals surface area (Å²) >= 11 is 0. The lowest BCUT2D eigenvalue weighted by atomic mass is 9.93. The first-order valence-corrected chi connectivity index (χ1v) is 10.8. The number of nitrogens with one attached hydrogen (secondary N) is 1. The van der Waals surface area contributed by atoms with Gasteiger partial charge in [0.25, 0.3) is 0 Å². The molecule has 2 aliphatic heterocycles. The van der Waals surface area contributed by atoms with Crippen LogP contribution in [0.2, 0.25) is 0 Å². The van der Waals surface area contributed by atoms with Gasteiger partial charge in [0.1, 0.15) is 12.1 Å². The largest absolute Gasteiger partial charge is 0.356 e. The second-order valence-electron chi connectivity index (χ2n) is 8.46. The van der Waals surface area contributed by atoms with Crippen LogP contribution in [0.15, 0.2) is 12.5 Å². The molecule has 148 valence electrons. The van der Waals surface area contributed by atoms with Crippen LogP contribution in [-0.2, 0) is 11.2 Å². The van der Waals surface area contributed by atoms with E-state index in [4.69, 9.17) is 0 Å². The quantitative estimate of drug-likeness (QED) is 0.832. The zero-order chi connectivity index (χ0) is 18.6. The van der Waals surface area contributed by atoms with Crippen molar-refractivity contribution in [1.82, 2.24) is 20.2 Å². The Kier molecular flexibility index (Phi) is 5.91. The fourth-order valence-electron chi connectivity index (χ4n) is 4.62. The fourth-order valence-corrected chi connectivity index (χ4v) is 4.62. The second kappa shape index (κ2) is 8.55. The molecule has 3 fully saturated rings. The molecule has 1 saturated carbocycles. The zero-order valence-corrected chi connectivity index (χ0v) is 16.6. The van der Waals surface area contributed by atoms with Crippen LogP contribution in [-0.4, -0.2) is 59.0 Å². The summed E-state index contributed by atoms with van der Waals surface area (Å²) in [6.45, 7) is 6.39. The number of aromatic nitrogens is 2. The van der Waals surface area contributed by atoms with E-state index in [1.807, 2.05) is 6.20 Å². The molecular formula is C21H33N5O. The number of carbonyl (C=O) groups excluding carboxylic acids is 1. The number of anilines is 1. The Bertz CT molecular complexity index is 639. The number of nitrogens with zero attached hydrogens (tertiary/aromatic N) is 4. The SMILES string of the molecule is CCCc1cncnc1N1CCC(N2CCC[C@H](C(=O)NC3CC3)C2)CC1. The first kappa shape index (κ1) is 18.7. The molecule has 1 atom stereocenters. The number of hydrogen-bond donors (Lipinski definition) is 1. The zero-order valence-electron chi connectivity index (χ0n) is 16.6. The first-order valence-electron chi connectivity index (χ1n) is 10.8. The van der Waals surface area contributed by atoms with Gasteiger partial charge in [0.05, 0.1) is 5.92 Å². The third kappa shape index (κ3) is 4.60. The summed E-state index contributed by atoms with van der Waals surface area (Å²) in [6, 6.07) is 1.08. The van der Waals surface area contributed by atoms with Gasteiger partial charge in [-0.1, -0.05) is 13.3 Å². The molecule has 1 amide bonds. The average Bonchev–Trinajstić information content (AvgIpc) is 3.53. The molecule has 2 saturated heterocycles. The molecule has 0 spiro atoms. The van der Waals surface area contributed by atoms with E-state index in [2.05, 4.69) is 32.0 Å². The molecule has 6 heteroatoms. The highest BCUT2D eigenvalue weighted by molar-refractivity contribution is 5.79. The van der Waals surface area contributed by atoms with Crippen molar-refractivity contribution in [2.45, 2.75) is 70.4 Å². The lowest BCUT2D eigenvalue weighted by Gasteiger charge is -2.42. The highest BCUT2D eigenvalue weighted by Gasteiger charge is 2.34. The van der Waals surface area contributed by atoms with Crippen molar-refractivity contribution in [2.24, 2.45) is 5.92 Å². The summed E-state index contributed by atoms with van der Waals surface area (Å²) in [5.74, 6) is 1.62. The van der Waals surface area contributed by atoms with Gasteiger partial charge in [-0.25, -0.2) is 9.97 Å². The van der Waals surface area contributed by atoms with Gasteiger partial charge >= 0.3 is 0 Å². The van der Waals surface area contributed by atoms with Gasteiger partial charge in [-0.2, -0.15) is 0 Å². The Labute approximate surface area is 162 Å². The Morgan fingerprint density at radius 3 is 2.74 bits per heavy atom. The Morgan fingerprint density at radius 2 is 2.00 bits per heavy atom. The fraction of sp³-hybridized carbons (Fsp3) is 0.762. The van der Waals surface area contributed by atoms with E-state index in [0.717, 1.165) is 70.5 Å². The van der Waals surface area contributed by atoms with Crippen molar-refractivity contribution >= 4 is 11.7 Å². The van der Waals surface area contributed by atoms with E-state index in [0.29, 0.717) is 18.0 Å². The number of rotatable bonds is 6. The van der Waals surface area contributed by atoms with E-state index >= 15 is 0 Å². The summed E-state index contributed by atoms with van der Waals surface area (Å²) in [6.07, 6.45) is 12.7. The molecule has 1 aromatic rings. The molecule has 1 N–H and O–H groups in total. The number of hydrogen-bond acceptors (Lipinski definition) is 5. The minimum Gasteiger partial charge on any atom is -0.356 e. The van der Waals surface area contributed by atoms with Crippen molar-refractivity contribution < 1.29 is 4.79 Å². The van der Waals surface area contributed by atoms with Crippen LogP contribution in [0.1, 0.15) is 57.4 Å². The standard InChI is InChI=1S/C21H33N5O/c1-2-4-16-13-22-15-23-20(16)25-11-8-19(9-12-25)26-10-3-5-17(14-26)21(27)24-18-6-7-18/h13,15,17-19H,2-12,14H2,1H3,(H,24,27)/t17-/m0/s1. The maximum atomic E-state index is 12.5. The Morgan fingerprint density at radius 1 is 1.19 bits per heavy atom. The van der Waals surface area contributed by atoms with Crippen LogP contribution < -0.4 is 10.2 Å². The number of aryl methyl sites for hydroxylation is 1. The minimum atomic E-state index is 0.190. The maximum Gasteiger partial charge on any atom is 0.224 e. The van der Waals surface area contributed by atoms with Gasteiger partial charge in [-0.15, -0.1) is 0 Å². The molecule has 4 rings (SSSR count). The highest BCUT2D eigenvalue weighted by atomic mass is 16.2. The van der Waals surface area contributed by atoms with Crippen LogP contribution in [0.3, 0.4) is 0 Å². The topological polar surface area (TPSA) is 61.4 Å². The van der Waals surface area contributed by atoms with Crippen molar-refractivity contribution in [3.8, 4) is 0 Å². The molecule has 1 aliphatic carbocycles. The molecule has 6 nitrogen and oxygen atoms in total. The van der Waals surface area contributed by atoms with E-state index < -0.39 is 0 Å². The van der Waals surface area contributed by atoms with Crippen LogP contribution in [0.5, 0.6) is 0 Å². The van der Waals surface area contributed by atoms with E-state index in [1.165, 1.54) is 18.4 Å². The molecule has 1 aromatic heterocycles. The number of piperidine rings is 2. The number of amides is 1. The molecule has 3 aliphatic rings. The van der Waals surface area contributed by atoms with Crippen molar-refractivity contribution in [2.75, 3.05) is 31.1 Å². The molecular weight excluding hydrogens is 338 g/mol. The van der Waals surface area contributed by atoms with Gasteiger partial charge in [0.15, 0.2) is 0 Å². The van der Waals surface area contributed by atoms with Crippen LogP contribution in [0.4, 0.5) is 5.82 Å². The first-order chi connectivity index (χ1) is 13.2. The summed E-state index contributed by atoms with van der Waals surface area (Å²) in [4.78, 5) is 26.3. The molecule has 27 heavy (non-hydrogen) atoms. The highest BCUT2D eigenvalue weighted by Crippen LogP contribution is 2.28. The third-order valence-corrected chi connectivity index (χ3v) is 6.31. The predicted molar refractivity (Wildman–Crippen MR) is 107 cm³/mol. The van der Waals surface area contributed by atoms with Crippen molar-refractivity contribution in [1.29, 1.82) is 0 Å². The lowest BCUT2D eigenvalue weighted by molar-refractivity contribution is -0.127. The molecule has 3 heterocycles. The van der Waals surface area contributed by atoms with E-state index in [1.54, 1.807) is 6.33 Å². The van der Waals surface area contributed by atoms with Crippen LogP contribution >= 0.6 is 0 Å². The van der Waals surface area contributed by atoms with Gasteiger partial charge in [-0.05, 0) is 51.5 Å². The van der Waals surface area contributed by atoms with E-state index in [9.17, 15) is 4.79 Å².